The molecule has 2 aromatic heterocycles. The van der Waals surface area contributed by atoms with E-state index in [0.29, 0.717) is 23.5 Å². The number of hydrogen-bond acceptors (Lipinski definition) is 22. The Morgan fingerprint density at radius 1 is 0.716 bits per heavy atom. The fourth-order valence-corrected chi connectivity index (χ4v) is 15.5. The maximum absolute atomic E-state index is 13.5. The highest BCUT2D eigenvalue weighted by atomic mass is 32.3. The predicted octanol–water partition coefficient (Wildman–Crippen LogP) is 3.54. The fraction of sp³-hybridized carbons (Fsp3) is 0.280. The number of pyridine rings is 1. The van der Waals surface area contributed by atoms with Gasteiger partial charge in [0.15, 0.2) is 5.71 Å². The highest BCUT2D eigenvalue weighted by molar-refractivity contribution is 7.91. The third-order valence-corrected chi connectivity index (χ3v) is 21.4. The summed E-state index contributed by atoms with van der Waals surface area (Å²) < 4.78 is 237. The number of benzene rings is 4. The molecule has 0 spiro atoms. The summed E-state index contributed by atoms with van der Waals surface area (Å²) >= 11 is 0.492. The van der Waals surface area contributed by atoms with Gasteiger partial charge >= 0.3 is 0 Å². The average molecular weight is 1370 g/mol. The third kappa shape index (κ3) is 14.6. The normalized spacial score (nSPS) is 16.2. The van der Waals surface area contributed by atoms with Crippen LogP contribution < -0.4 is 20.7 Å². The zero-order valence-electron chi connectivity index (χ0n) is 46.1. The Hall–Kier alpha value is -6.89. The fourth-order valence-electron chi connectivity index (χ4n) is 10.5. The topological polar surface area (TPSA) is 492 Å². The highest BCUT2D eigenvalue weighted by Gasteiger charge is 2.47. The number of carbonyl (C=O) groups is 2. The number of nitrogens with two attached hydrogens (primary N) is 1. The summed E-state index contributed by atoms with van der Waals surface area (Å²) in [5.74, 6) is -3.04. The van der Waals surface area contributed by atoms with E-state index in [4.69, 9.17) is 5.14 Å². The van der Waals surface area contributed by atoms with Crippen molar-refractivity contribution in [3.8, 4) is 0 Å². The molecule has 2 aliphatic rings. The number of carbonyl (C=O) groups excluding carboxylic acids is 2. The van der Waals surface area contributed by atoms with Crippen molar-refractivity contribution in [3.63, 3.8) is 0 Å². The number of hydrogen-bond donors (Lipinski definition) is 8. The Morgan fingerprint density at radius 3 is 1.83 bits per heavy atom. The van der Waals surface area contributed by atoms with Gasteiger partial charge < -0.3 is 20.1 Å². The molecule has 9 N–H and O–H groups in total. The van der Waals surface area contributed by atoms with Gasteiger partial charge in [-0.3, -0.25) is 37.3 Å². The van der Waals surface area contributed by atoms with Crippen LogP contribution in [0.3, 0.4) is 0 Å². The first-order chi connectivity index (χ1) is 40.4. The number of anilines is 2. The van der Waals surface area contributed by atoms with Crippen LogP contribution in [-0.2, 0) is 86.4 Å². The summed E-state index contributed by atoms with van der Waals surface area (Å²) in [6.07, 6.45) is 6.30. The second kappa shape index (κ2) is 23.8. The van der Waals surface area contributed by atoms with Crippen molar-refractivity contribution < 1.29 is 100 Å². The molecule has 0 radical (unpaired) electrons. The van der Waals surface area contributed by atoms with E-state index < -0.39 is 129 Å². The van der Waals surface area contributed by atoms with E-state index in [1.165, 1.54) is 60.7 Å². The number of allylic oxidation sites excluding steroid dienone is 6. The average Bonchev–Trinajstić information content (AvgIpc) is 2.55. The van der Waals surface area contributed by atoms with Crippen LogP contribution in [0.2, 0.25) is 0 Å². The summed E-state index contributed by atoms with van der Waals surface area (Å²) in [6, 6.07) is 11.2. The van der Waals surface area contributed by atoms with Gasteiger partial charge in [-0.2, -0.15) is 46.7 Å². The Kier molecular flexibility index (Phi) is 18.1. The quantitative estimate of drug-likeness (QED) is 0.0208. The van der Waals surface area contributed by atoms with Gasteiger partial charge in [0.25, 0.3) is 66.5 Å². The van der Waals surface area contributed by atoms with Crippen LogP contribution in [0.5, 0.6) is 0 Å². The van der Waals surface area contributed by atoms with Crippen molar-refractivity contribution in [1.29, 1.82) is 0 Å². The number of nitrogens with zero attached hydrogens (tertiary/aromatic N) is 5. The Bertz CT molecular complexity index is 4930. The molecule has 2 aliphatic heterocycles. The standard InChI is InChI=1S/C50H52N8O22S8/c1-49(2)41(57(19-5-21-82(61,62)63)37-13-10-32-34(44(37)49)23-30(85(69,70)71)25-39(32)87(75,76)77)15-8-28(36-12-7-29(27-53-36)46(60)52-18-17-43(59)54-47-55-56-48(81-47)84(51,67)68)9-16-42-50(3,4)45-35-24-31(86(72,73)74)26-40(88(78,79)80)33(35)11-14-38(45)58(42)20-6-22-83(64,65)66/h7-16,23-27H,5-6,17-22H2,1-4H3,(H9-,51,52,54,55,59,60,61,62,63,64,65,66,67,68,69,70,71,72,73,74,75,76,77,78,79,80). The third-order valence-electron chi connectivity index (χ3n) is 14.2. The molecule has 4 aromatic carbocycles. The summed E-state index contributed by atoms with van der Waals surface area (Å²) in [4.78, 5) is 28.6. The van der Waals surface area contributed by atoms with Crippen molar-refractivity contribution in [3.05, 3.63) is 119 Å². The number of amides is 2. The lowest BCUT2D eigenvalue weighted by Crippen LogP contribution is -2.28. The maximum atomic E-state index is 13.5. The van der Waals surface area contributed by atoms with Crippen molar-refractivity contribution in [2.45, 2.75) is 81.7 Å². The summed E-state index contributed by atoms with van der Waals surface area (Å²) in [7, 11) is -34.3. The maximum Gasteiger partial charge on any atom is 0.295 e. The number of rotatable bonds is 22. The summed E-state index contributed by atoms with van der Waals surface area (Å²) in [5.41, 5.74) is -1.09. The molecule has 4 heterocycles. The predicted molar refractivity (Wildman–Crippen MR) is 317 cm³/mol. The molecule has 30 nitrogen and oxygen atoms in total. The molecule has 6 aromatic rings. The van der Waals surface area contributed by atoms with Crippen LogP contribution in [0.4, 0.5) is 16.5 Å². The SMILES string of the molecule is CC1(C)C(/C=C/C(=C/C=C2/N(CCCS(=O)(=O)O)c3ccc4c(S(=O)(=O)O)cc(S(=O)(=O)O)cc4c3C2(C)C)c2ccc(C(=O)NCCC(=O)Nc3nnc(S(N)(=O)=O)s3)cn2)=[N+](CCCS(=O)(=O)[O-])c2ccc3c(S(=O)(=O)O)cc(S(=O)(=O)O)cc3c21. The molecule has 0 bridgehead atoms. The lowest BCUT2D eigenvalue weighted by Gasteiger charge is -2.27. The molecule has 0 saturated heterocycles. The number of fused-ring (bicyclic) bond motifs is 6. The van der Waals surface area contributed by atoms with Crippen LogP contribution in [0.1, 0.15) is 74.1 Å². The Labute approximate surface area is 508 Å². The van der Waals surface area contributed by atoms with Gasteiger partial charge in [-0.1, -0.05) is 37.3 Å². The van der Waals surface area contributed by atoms with Gasteiger partial charge in [-0.15, -0.1) is 10.2 Å². The molecule has 0 fully saturated rings. The van der Waals surface area contributed by atoms with E-state index in [1.54, 1.807) is 37.2 Å². The van der Waals surface area contributed by atoms with Crippen LogP contribution in [0.15, 0.2) is 121 Å². The second-order valence-corrected chi connectivity index (χ2v) is 32.4. The largest absolute Gasteiger partial charge is 0.748 e. The zero-order chi connectivity index (χ0) is 65.3. The number of nitrogens with one attached hydrogen (secondary N) is 2. The Morgan fingerprint density at radius 2 is 1.31 bits per heavy atom. The van der Waals surface area contributed by atoms with Gasteiger partial charge in [0.1, 0.15) is 16.3 Å². The van der Waals surface area contributed by atoms with Gasteiger partial charge in [0, 0.05) is 88.7 Å². The summed E-state index contributed by atoms with van der Waals surface area (Å²) in [5, 5.41) is 16.1. The van der Waals surface area contributed by atoms with Crippen molar-refractivity contribution in [2.24, 2.45) is 5.14 Å². The minimum absolute atomic E-state index is 0.0489. The molecule has 0 unspecified atom stereocenters. The first kappa shape index (κ1) is 67.0. The summed E-state index contributed by atoms with van der Waals surface area (Å²) in [6.45, 7) is 5.84. The van der Waals surface area contributed by atoms with Crippen LogP contribution >= 0.6 is 11.3 Å². The smallest absolute Gasteiger partial charge is 0.295 e. The van der Waals surface area contributed by atoms with E-state index in [0.717, 1.165) is 18.3 Å². The Balaban J connectivity index is 1.30. The van der Waals surface area contributed by atoms with Crippen molar-refractivity contribution in [2.75, 3.05) is 41.4 Å². The second-order valence-electron chi connectivity index (χ2n) is 21.0. The zero-order valence-corrected chi connectivity index (χ0v) is 52.6. The molecule has 2 amide bonds. The van der Waals surface area contributed by atoms with Crippen molar-refractivity contribution in [1.82, 2.24) is 20.5 Å². The molecular formula is C50H52N8O22S8. The van der Waals surface area contributed by atoms with E-state index in [-0.39, 0.29) is 116 Å². The van der Waals surface area contributed by atoms with E-state index in [2.05, 4.69) is 25.8 Å². The monoisotopic (exact) mass is 1370 g/mol. The van der Waals surface area contributed by atoms with Crippen LogP contribution in [0.25, 0.3) is 27.1 Å². The molecular weight excluding hydrogens is 1320 g/mol. The molecule has 0 saturated carbocycles. The molecule has 0 atom stereocenters. The number of primary sulfonamides is 1. The van der Waals surface area contributed by atoms with Crippen molar-refractivity contribution >= 4 is 143 Å². The minimum Gasteiger partial charge on any atom is -0.748 e. The lowest BCUT2D eigenvalue weighted by molar-refractivity contribution is -0.437. The molecule has 38 heteroatoms. The first-order valence-corrected chi connectivity index (χ1v) is 36.6. The van der Waals surface area contributed by atoms with Crippen LogP contribution in [0, 0.1) is 0 Å². The first-order valence-electron chi connectivity index (χ1n) is 25.3. The number of aromatic nitrogens is 3. The minimum atomic E-state index is -5.19. The van der Waals surface area contributed by atoms with Gasteiger partial charge in [0.05, 0.1) is 42.3 Å². The van der Waals surface area contributed by atoms with E-state index >= 15 is 0 Å². The van der Waals surface area contributed by atoms with E-state index in [9.17, 15) is 95.8 Å². The van der Waals surface area contributed by atoms with Gasteiger partial charge in [-0.25, -0.2) is 22.0 Å². The van der Waals surface area contributed by atoms with Crippen LogP contribution in [-0.4, -0.2) is 155 Å². The number of sulfonamides is 1. The molecule has 8 rings (SSSR count). The van der Waals surface area contributed by atoms with E-state index in [1.807, 2.05) is 0 Å². The molecule has 0 aliphatic carbocycles. The highest BCUT2D eigenvalue weighted by Crippen LogP contribution is 2.52. The van der Waals surface area contributed by atoms with Gasteiger partial charge in [-0.05, 0) is 97.3 Å². The van der Waals surface area contributed by atoms with Gasteiger partial charge in [0.2, 0.25) is 21.1 Å². The molecule has 472 valence electrons. The lowest BCUT2D eigenvalue weighted by atomic mass is 9.79. The molecule has 88 heavy (non-hydrogen) atoms.